The molecule has 1 saturated carbocycles. The number of hydrogen-bond donors (Lipinski definition) is 2. The molecule has 19 heavy (non-hydrogen) atoms. The highest BCUT2D eigenvalue weighted by molar-refractivity contribution is 5.75. The van der Waals surface area contributed by atoms with Crippen molar-refractivity contribution in [2.75, 3.05) is 0 Å². The molecule has 0 radical (unpaired) electrons. The van der Waals surface area contributed by atoms with Gasteiger partial charge in [-0.05, 0) is 40.5 Å². The minimum absolute atomic E-state index is 0.102. The summed E-state index contributed by atoms with van der Waals surface area (Å²) in [7, 11) is 0. The largest absolute Gasteiger partial charge is 0.480 e. The monoisotopic (exact) mass is 271 g/mol. The Kier molecular flexibility index (Phi) is 5.35. The van der Waals surface area contributed by atoms with E-state index in [-0.39, 0.29) is 17.9 Å². The van der Waals surface area contributed by atoms with Crippen LogP contribution in [0.15, 0.2) is 0 Å². The Balaban J connectivity index is 2.67. The van der Waals surface area contributed by atoms with E-state index in [1.165, 1.54) is 0 Å². The molecule has 0 aromatic heterocycles. The summed E-state index contributed by atoms with van der Waals surface area (Å²) in [5, 5.41) is 12.0. The predicted molar refractivity (Wildman–Crippen MR) is 71.8 cm³/mol. The Morgan fingerprint density at radius 3 is 2.37 bits per heavy atom. The number of esters is 1. The third-order valence-electron chi connectivity index (χ3n) is 3.31. The maximum atomic E-state index is 12.2. The number of aliphatic carboxylic acids is 1. The summed E-state index contributed by atoms with van der Waals surface area (Å²) in [5.41, 5.74) is -0.502. The van der Waals surface area contributed by atoms with E-state index >= 15 is 0 Å². The molecule has 5 heteroatoms. The van der Waals surface area contributed by atoms with Gasteiger partial charge < -0.3 is 15.2 Å². The zero-order chi connectivity index (χ0) is 14.6. The molecular weight excluding hydrogens is 246 g/mol. The zero-order valence-electron chi connectivity index (χ0n) is 12.2. The first-order chi connectivity index (χ1) is 8.70. The second kappa shape index (κ2) is 6.37. The van der Waals surface area contributed by atoms with E-state index < -0.39 is 17.6 Å². The van der Waals surface area contributed by atoms with Crippen LogP contribution >= 0.6 is 0 Å². The van der Waals surface area contributed by atoms with Crippen molar-refractivity contribution in [3.8, 4) is 0 Å². The van der Waals surface area contributed by atoms with Gasteiger partial charge in [0.15, 0.2) is 0 Å². The third-order valence-corrected chi connectivity index (χ3v) is 3.31. The van der Waals surface area contributed by atoms with Gasteiger partial charge in [0.1, 0.15) is 11.6 Å². The second-order valence-corrected chi connectivity index (χ2v) is 6.26. The lowest BCUT2D eigenvalue weighted by Gasteiger charge is -2.33. The summed E-state index contributed by atoms with van der Waals surface area (Å²) in [5.74, 6) is -1.36. The molecule has 110 valence electrons. The summed E-state index contributed by atoms with van der Waals surface area (Å²) in [6.07, 6.45) is 3.59. The van der Waals surface area contributed by atoms with E-state index in [9.17, 15) is 9.59 Å². The lowest BCUT2D eigenvalue weighted by Crippen LogP contribution is -2.49. The molecular formula is C14H25NO4. The van der Waals surface area contributed by atoms with Crippen molar-refractivity contribution in [1.82, 2.24) is 5.32 Å². The van der Waals surface area contributed by atoms with Gasteiger partial charge in [0, 0.05) is 6.04 Å². The highest BCUT2D eigenvalue weighted by atomic mass is 16.6. The average Bonchev–Trinajstić information content (AvgIpc) is 2.27. The molecule has 1 fully saturated rings. The molecule has 5 nitrogen and oxygen atoms in total. The van der Waals surface area contributed by atoms with Crippen LogP contribution < -0.4 is 5.32 Å². The predicted octanol–water partition coefficient (Wildman–Crippen LogP) is 1.95. The normalized spacial score (nSPS) is 25.7. The lowest BCUT2D eigenvalue weighted by atomic mass is 9.84. The number of hydrogen-bond acceptors (Lipinski definition) is 4. The number of nitrogens with one attached hydrogen (secondary N) is 1. The summed E-state index contributed by atoms with van der Waals surface area (Å²) >= 11 is 0. The van der Waals surface area contributed by atoms with Crippen molar-refractivity contribution in [2.45, 2.75) is 71.1 Å². The first-order valence-corrected chi connectivity index (χ1v) is 6.92. The Morgan fingerprint density at radius 1 is 1.26 bits per heavy atom. The van der Waals surface area contributed by atoms with Crippen LogP contribution in [0, 0.1) is 5.92 Å². The number of rotatable bonds is 4. The van der Waals surface area contributed by atoms with Gasteiger partial charge in [0.25, 0.3) is 0 Å². The minimum atomic E-state index is -0.895. The molecule has 2 N–H and O–H groups in total. The summed E-state index contributed by atoms with van der Waals surface area (Å²) in [6, 6.07) is -0.747. The number of carboxylic acid groups (broad SMARTS) is 1. The van der Waals surface area contributed by atoms with E-state index in [0.717, 1.165) is 25.7 Å². The van der Waals surface area contributed by atoms with Crippen molar-refractivity contribution < 1.29 is 19.4 Å². The zero-order valence-corrected chi connectivity index (χ0v) is 12.2. The molecule has 0 bridgehead atoms. The summed E-state index contributed by atoms with van der Waals surface area (Å²) in [6.45, 7) is 7.13. The molecule has 0 heterocycles. The minimum Gasteiger partial charge on any atom is -0.480 e. The number of carbonyl (C=O) groups is 2. The Bertz CT molecular complexity index is 335. The SMILES string of the molecule is C[C@H](NC1CCCCC1C(=O)OC(C)(C)C)C(=O)O. The summed E-state index contributed by atoms with van der Waals surface area (Å²) in [4.78, 5) is 23.1. The van der Waals surface area contributed by atoms with Crippen molar-refractivity contribution in [3.63, 3.8) is 0 Å². The fourth-order valence-corrected chi connectivity index (χ4v) is 2.38. The Morgan fingerprint density at radius 2 is 1.84 bits per heavy atom. The first kappa shape index (κ1) is 16.0. The molecule has 1 aliphatic rings. The fraction of sp³-hybridized carbons (Fsp3) is 0.857. The molecule has 1 aliphatic carbocycles. The van der Waals surface area contributed by atoms with Crippen LogP contribution in [0.3, 0.4) is 0 Å². The molecule has 0 aromatic rings. The number of carboxylic acids is 1. The molecule has 0 amide bonds. The average molecular weight is 271 g/mol. The van der Waals surface area contributed by atoms with E-state index in [4.69, 9.17) is 9.84 Å². The van der Waals surface area contributed by atoms with Gasteiger partial charge in [-0.15, -0.1) is 0 Å². The Labute approximate surface area is 114 Å². The van der Waals surface area contributed by atoms with Gasteiger partial charge in [-0.25, -0.2) is 0 Å². The molecule has 1 rings (SSSR count). The van der Waals surface area contributed by atoms with E-state index in [0.29, 0.717) is 0 Å². The molecule has 0 saturated heterocycles. The van der Waals surface area contributed by atoms with Gasteiger partial charge in [-0.3, -0.25) is 9.59 Å². The molecule has 2 unspecified atom stereocenters. The maximum absolute atomic E-state index is 12.2. The van der Waals surface area contributed by atoms with E-state index in [1.54, 1.807) is 6.92 Å². The van der Waals surface area contributed by atoms with Crippen LogP contribution in [-0.2, 0) is 14.3 Å². The Hall–Kier alpha value is -1.10. The lowest BCUT2D eigenvalue weighted by molar-refractivity contribution is -0.162. The van der Waals surface area contributed by atoms with Crippen molar-refractivity contribution in [1.29, 1.82) is 0 Å². The van der Waals surface area contributed by atoms with Gasteiger partial charge in [0.05, 0.1) is 5.92 Å². The van der Waals surface area contributed by atoms with Crippen LogP contribution in [0.1, 0.15) is 53.4 Å². The van der Waals surface area contributed by atoms with Crippen molar-refractivity contribution >= 4 is 11.9 Å². The van der Waals surface area contributed by atoms with Gasteiger partial charge in [-0.1, -0.05) is 12.8 Å². The van der Waals surface area contributed by atoms with Gasteiger partial charge in [-0.2, -0.15) is 0 Å². The van der Waals surface area contributed by atoms with Crippen LogP contribution in [0.25, 0.3) is 0 Å². The van der Waals surface area contributed by atoms with Crippen LogP contribution in [0.5, 0.6) is 0 Å². The topological polar surface area (TPSA) is 75.6 Å². The number of ether oxygens (including phenoxy) is 1. The second-order valence-electron chi connectivity index (χ2n) is 6.26. The van der Waals surface area contributed by atoms with Gasteiger partial charge in [0.2, 0.25) is 0 Å². The fourth-order valence-electron chi connectivity index (χ4n) is 2.38. The molecule has 0 aliphatic heterocycles. The van der Waals surface area contributed by atoms with Crippen molar-refractivity contribution in [2.24, 2.45) is 5.92 Å². The number of carbonyl (C=O) groups excluding carboxylic acids is 1. The molecule has 0 aromatic carbocycles. The highest BCUT2D eigenvalue weighted by Crippen LogP contribution is 2.27. The molecule has 3 atom stereocenters. The highest BCUT2D eigenvalue weighted by Gasteiger charge is 2.35. The first-order valence-electron chi connectivity index (χ1n) is 6.92. The van der Waals surface area contributed by atoms with Gasteiger partial charge >= 0.3 is 11.9 Å². The summed E-state index contributed by atoms with van der Waals surface area (Å²) < 4.78 is 5.42. The maximum Gasteiger partial charge on any atom is 0.320 e. The van der Waals surface area contributed by atoms with E-state index in [1.807, 2.05) is 20.8 Å². The quantitative estimate of drug-likeness (QED) is 0.764. The van der Waals surface area contributed by atoms with Crippen LogP contribution in [0.2, 0.25) is 0 Å². The third kappa shape index (κ3) is 5.19. The van der Waals surface area contributed by atoms with E-state index in [2.05, 4.69) is 5.32 Å². The van der Waals surface area contributed by atoms with Crippen molar-refractivity contribution in [3.05, 3.63) is 0 Å². The van der Waals surface area contributed by atoms with Crippen LogP contribution in [-0.4, -0.2) is 34.7 Å². The molecule has 0 spiro atoms. The smallest absolute Gasteiger partial charge is 0.320 e. The van der Waals surface area contributed by atoms with Crippen LogP contribution in [0.4, 0.5) is 0 Å². The standard InChI is InChI=1S/C14H25NO4/c1-9(12(16)17)15-11-8-6-5-7-10(11)13(18)19-14(2,3)4/h9-11,15H,5-8H2,1-4H3,(H,16,17)/t9-,10?,11?/m0/s1.